The lowest BCUT2D eigenvalue weighted by Gasteiger charge is -2.05. The second kappa shape index (κ2) is 4.98. The van der Waals surface area contributed by atoms with Crippen LogP contribution in [-0.2, 0) is 23.2 Å². The number of aryl methyl sites for hydroxylation is 1. The van der Waals surface area contributed by atoms with Crippen LogP contribution in [0.3, 0.4) is 0 Å². The molecule has 1 rings (SSSR count). The van der Waals surface area contributed by atoms with E-state index in [1.165, 1.54) is 10.9 Å². The lowest BCUT2D eigenvalue weighted by molar-refractivity contribution is -0.172. The van der Waals surface area contributed by atoms with Crippen molar-refractivity contribution < 1.29 is 22.8 Å². The average Bonchev–Trinajstić information content (AvgIpc) is 2.60. The number of nitrogens with zero attached hydrogens (tertiary/aromatic N) is 2. The molecule has 0 saturated carbocycles. The predicted molar refractivity (Wildman–Crippen MR) is 50.7 cm³/mol. The minimum Gasteiger partial charge on any atom is -0.352 e. The van der Waals surface area contributed by atoms with Crippen LogP contribution in [0.15, 0.2) is 12.4 Å². The van der Waals surface area contributed by atoms with Gasteiger partial charge < -0.3 is 5.32 Å². The number of amides is 1. The standard InChI is InChI=1S/C9H10F3N3O2/c1-15-5-6(4-14-15)3-13-8(17)2-7(16)9(10,11)12/h4-5H,2-3H2,1H3,(H,13,17). The number of carbonyl (C=O) groups excluding carboxylic acids is 2. The lowest BCUT2D eigenvalue weighted by atomic mass is 10.2. The molecule has 0 atom stereocenters. The van der Waals surface area contributed by atoms with E-state index in [2.05, 4.69) is 10.4 Å². The van der Waals surface area contributed by atoms with E-state index in [-0.39, 0.29) is 6.54 Å². The van der Waals surface area contributed by atoms with Gasteiger partial charge >= 0.3 is 6.18 Å². The Balaban J connectivity index is 2.38. The third-order valence-corrected chi connectivity index (χ3v) is 1.89. The summed E-state index contributed by atoms with van der Waals surface area (Å²) in [5, 5.41) is 6.02. The van der Waals surface area contributed by atoms with Crippen molar-refractivity contribution in [2.24, 2.45) is 7.05 Å². The summed E-state index contributed by atoms with van der Waals surface area (Å²) in [4.78, 5) is 21.5. The minimum absolute atomic E-state index is 0.0395. The summed E-state index contributed by atoms with van der Waals surface area (Å²) in [7, 11) is 1.67. The normalized spacial score (nSPS) is 11.3. The largest absolute Gasteiger partial charge is 0.450 e. The van der Waals surface area contributed by atoms with Gasteiger partial charge in [0.05, 0.1) is 12.6 Å². The summed E-state index contributed by atoms with van der Waals surface area (Å²) in [6.07, 6.45) is -3.09. The first kappa shape index (κ1) is 13.2. The second-order valence-electron chi connectivity index (χ2n) is 3.40. The van der Waals surface area contributed by atoms with Crippen LogP contribution in [0.4, 0.5) is 13.2 Å². The Morgan fingerprint density at radius 1 is 1.47 bits per heavy atom. The first-order valence-electron chi connectivity index (χ1n) is 4.63. The van der Waals surface area contributed by atoms with Crippen molar-refractivity contribution in [1.82, 2.24) is 15.1 Å². The number of nitrogens with one attached hydrogen (secondary N) is 1. The summed E-state index contributed by atoms with van der Waals surface area (Å²) in [5.41, 5.74) is 0.639. The third-order valence-electron chi connectivity index (χ3n) is 1.89. The summed E-state index contributed by atoms with van der Waals surface area (Å²) in [6.45, 7) is 0.0395. The maximum atomic E-state index is 11.8. The van der Waals surface area contributed by atoms with Gasteiger partial charge in [-0.15, -0.1) is 0 Å². The first-order chi connectivity index (χ1) is 7.79. The van der Waals surface area contributed by atoms with Gasteiger partial charge in [0, 0.05) is 25.4 Å². The lowest BCUT2D eigenvalue weighted by Crippen LogP contribution is -2.31. The van der Waals surface area contributed by atoms with Gasteiger partial charge in [-0.05, 0) is 0 Å². The molecule has 1 aromatic rings. The van der Waals surface area contributed by atoms with Gasteiger partial charge in [0.1, 0.15) is 0 Å². The molecule has 8 heteroatoms. The molecular formula is C9H10F3N3O2. The Hall–Kier alpha value is -1.86. The molecule has 0 aliphatic carbocycles. The molecule has 0 aliphatic heterocycles. The van der Waals surface area contributed by atoms with E-state index in [0.717, 1.165) is 0 Å². The molecule has 1 amide bonds. The number of halogens is 3. The van der Waals surface area contributed by atoms with Crippen molar-refractivity contribution in [3.63, 3.8) is 0 Å². The number of carbonyl (C=O) groups is 2. The van der Waals surface area contributed by atoms with Crippen LogP contribution >= 0.6 is 0 Å². The SMILES string of the molecule is Cn1cc(CNC(=O)CC(=O)C(F)(F)F)cn1. The van der Waals surface area contributed by atoms with Gasteiger partial charge in [-0.25, -0.2) is 0 Å². The number of rotatable bonds is 4. The molecule has 94 valence electrons. The zero-order valence-electron chi connectivity index (χ0n) is 8.91. The average molecular weight is 249 g/mol. The fourth-order valence-electron chi connectivity index (χ4n) is 1.07. The summed E-state index contributed by atoms with van der Waals surface area (Å²) in [6, 6.07) is 0. The van der Waals surface area contributed by atoms with Crippen molar-refractivity contribution in [3.8, 4) is 0 Å². The second-order valence-corrected chi connectivity index (χ2v) is 3.40. The van der Waals surface area contributed by atoms with E-state index >= 15 is 0 Å². The Bertz CT molecular complexity index is 425. The van der Waals surface area contributed by atoms with Gasteiger partial charge in [-0.3, -0.25) is 14.3 Å². The van der Waals surface area contributed by atoms with E-state index in [1.54, 1.807) is 13.2 Å². The maximum Gasteiger partial charge on any atom is 0.450 e. The highest BCUT2D eigenvalue weighted by Crippen LogP contribution is 2.17. The number of alkyl halides is 3. The van der Waals surface area contributed by atoms with Crippen molar-refractivity contribution in [2.75, 3.05) is 0 Å². The van der Waals surface area contributed by atoms with Crippen LogP contribution in [-0.4, -0.2) is 27.6 Å². The van der Waals surface area contributed by atoms with E-state index < -0.39 is 24.3 Å². The maximum absolute atomic E-state index is 11.8. The molecule has 0 aromatic carbocycles. The summed E-state index contributed by atoms with van der Waals surface area (Å²) < 4.78 is 37.0. The van der Waals surface area contributed by atoms with E-state index in [0.29, 0.717) is 5.56 Å². The fraction of sp³-hybridized carbons (Fsp3) is 0.444. The van der Waals surface area contributed by atoms with Crippen LogP contribution in [0, 0.1) is 0 Å². The molecule has 5 nitrogen and oxygen atoms in total. The van der Waals surface area contributed by atoms with E-state index in [9.17, 15) is 22.8 Å². The van der Waals surface area contributed by atoms with Crippen LogP contribution in [0.25, 0.3) is 0 Å². The molecule has 1 aromatic heterocycles. The highest BCUT2D eigenvalue weighted by Gasteiger charge is 2.39. The van der Waals surface area contributed by atoms with Gasteiger partial charge in [-0.1, -0.05) is 0 Å². The van der Waals surface area contributed by atoms with Crippen LogP contribution in [0.1, 0.15) is 12.0 Å². The highest BCUT2D eigenvalue weighted by molar-refractivity contribution is 6.00. The fourth-order valence-corrected chi connectivity index (χ4v) is 1.07. The molecule has 0 spiro atoms. The number of hydrogen-bond acceptors (Lipinski definition) is 3. The molecule has 0 unspecified atom stereocenters. The zero-order chi connectivity index (χ0) is 13.1. The zero-order valence-corrected chi connectivity index (χ0v) is 8.91. The van der Waals surface area contributed by atoms with Crippen LogP contribution in [0.5, 0.6) is 0 Å². The van der Waals surface area contributed by atoms with Gasteiger partial charge in [-0.2, -0.15) is 18.3 Å². The molecule has 17 heavy (non-hydrogen) atoms. The molecule has 0 fully saturated rings. The quantitative estimate of drug-likeness (QED) is 0.793. The number of ketones is 1. The molecular weight excluding hydrogens is 239 g/mol. The van der Waals surface area contributed by atoms with Crippen molar-refractivity contribution >= 4 is 11.7 Å². The molecule has 1 N–H and O–H groups in total. The van der Waals surface area contributed by atoms with E-state index in [1.807, 2.05) is 0 Å². The van der Waals surface area contributed by atoms with Crippen molar-refractivity contribution in [1.29, 1.82) is 0 Å². The Kier molecular flexibility index (Phi) is 3.87. The summed E-state index contributed by atoms with van der Waals surface area (Å²) in [5.74, 6) is -3.02. The number of Topliss-reactive ketones (excluding diaryl/α,β-unsaturated/α-hetero) is 1. The van der Waals surface area contributed by atoms with E-state index in [4.69, 9.17) is 0 Å². The first-order valence-corrected chi connectivity index (χ1v) is 4.63. The van der Waals surface area contributed by atoms with Crippen molar-refractivity contribution in [3.05, 3.63) is 18.0 Å². The minimum atomic E-state index is -4.97. The molecule has 0 bridgehead atoms. The summed E-state index contributed by atoms with van der Waals surface area (Å²) >= 11 is 0. The number of aromatic nitrogens is 2. The van der Waals surface area contributed by atoms with Gasteiger partial charge in [0.15, 0.2) is 0 Å². The predicted octanol–water partition coefficient (Wildman–Crippen LogP) is 0.558. The number of hydrogen-bond donors (Lipinski definition) is 1. The highest BCUT2D eigenvalue weighted by atomic mass is 19.4. The smallest absolute Gasteiger partial charge is 0.352 e. The molecule has 0 aliphatic rings. The molecule has 0 radical (unpaired) electrons. The third kappa shape index (κ3) is 4.25. The van der Waals surface area contributed by atoms with Crippen LogP contribution < -0.4 is 5.32 Å². The molecule has 0 saturated heterocycles. The van der Waals surface area contributed by atoms with Crippen molar-refractivity contribution in [2.45, 2.75) is 19.1 Å². The Morgan fingerprint density at radius 2 is 2.12 bits per heavy atom. The topological polar surface area (TPSA) is 64.0 Å². The Labute approximate surface area is 94.6 Å². The molecule has 1 heterocycles. The van der Waals surface area contributed by atoms with Crippen LogP contribution in [0.2, 0.25) is 0 Å². The Morgan fingerprint density at radius 3 is 2.59 bits per heavy atom. The monoisotopic (exact) mass is 249 g/mol. The van der Waals surface area contributed by atoms with Gasteiger partial charge in [0.25, 0.3) is 0 Å². The van der Waals surface area contributed by atoms with Gasteiger partial charge in [0.2, 0.25) is 11.7 Å².